The normalized spacial score (nSPS) is 14.4. The summed E-state index contributed by atoms with van der Waals surface area (Å²) in [5, 5.41) is 12.9. The number of nitrogens with one attached hydrogen (secondary N) is 3. The Morgan fingerprint density at radius 3 is 2.71 bits per heavy atom. The Labute approximate surface area is 199 Å². The third-order valence-electron chi connectivity index (χ3n) is 5.71. The zero-order valence-electron chi connectivity index (χ0n) is 19.7. The molecule has 2 heterocycles. The first-order valence-corrected chi connectivity index (χ1v) is 11.4. The number of aromatic amines is 1. The van der Waals surface area contributed by atoms with Gasteiger partial charge in [0.1, 0.15) is 0 Å². The van der Waals surface area contributed by atoms with Crippen LogP contribution in [0.25, 0.3) is 11.3 Å². The molecule has 1 aliphatic rings. The van der Waals surface area contributed by atoms with Gasteiger partial charge in [0.25, 0.3) is 0 Å². The van der Waals surface area contributed by atoms with Crippen LogP contribution in [0.4, 0.5) is 11.5 Å². The van der Waals surface area contributed by atoms with Crippen molar-refractivity contribution >= 4 is 23.3 Å². The molecule has 2 amide bonds. The van der Waals surface area contributed by atoms with Gasteiger partial charge in [-0.05, 0) is 57.6 Å². The number of rotatable bonds is 9. The zero-order valence-corrected chi connectivity index (χ0v) is 19.7. The molecular weight excluding hydrogens is 428 g/mol. The summed E-state index contributed by atoms with van der Waals surface area (Å²) in [4.78, 5) is 31.3. The van der Waals surface area contributed by atoms with Crippen molar-refractivity contribution in [2.24, 2.45) is 0 Å². The molecule has 3 N–H and O–H groups in total. The molecular formula is C26H30N6O2. The number of hydrogen-bond donors (Lipinski definition) is 3. The first-order valence-electron chi connectivity index (χ1n) is 11.4. The van der Waals surface area contributed by atoms with Crippen LogP contribution in [-0.2, 0) is 9.59 Å². The molecule has 1 saturated carbocycles. The van der Waals surface area contributed by atoms with Crippen molar-refractivity contribution in [3.63, 3.8) is 0 Å². The summed E-state index contributed by atoms with van der Waals surface area (Å²) in [6, 6.07) is 13.4. The molecule has 176 valence electrons. The van der Waals surface area contributed by atoms with E-state index in [9.17, 15) is 9.59 Å². The maximum Gasteiger partial charge on any atom is 0.248 e. The van der Waals surface area contributed by atoms with Crippen molar-refractivity contribution in [2.75, 3.05) is 31.3 Å². The van der Waals surface area contributed by atoms with E-state index in [-0.39, 0.29) is 17.7 Å². The fraction of sp³-hybridized carbons (Fsp3) is 0.308. The largest absolute Gasteiger partial charge is 0.321 e. The van der Waals surface area contributed by atoms with Gasteiger partial charge >= 0.3 is 0 Å². The first kappa shape index (κ1) is 23.4. The maximum absolute atomic E-state index is 12.8. The van der Waals surface area contributed by atoms with Gasteiger partial charge in [-0.2, -0.15) is 5.10 Å². The second-order valence-electron chi connectivity index (χ2n) is 8.91. The smallest absolute Gasteiger partial charge is 0.248 e. The van der Waals surface area contributed by atoms with Gasteiger partial charge in [-0.3, -0.25) is 19.7 Å². The van der Waals surface area contributed by atoms with E-state index >= 15 is 0 Å². The third-order valence-corrected chi connectivity index (χ3v) is 5.71. The Morgan fingerprint density at radius 2 is 2.00 bits per heavy atom. The minimum Gasteiger partial charge on any atom is -0.321 e. The minimum absolute atomic E-state index is 0.112. The van der Waals surface area contributed by atoms with Crippen molar-refractivity contribution in [3.8, 4) is 11.3 Å². The summed E-state index contributed by atoms with van der Waals surface area (Å²) < 4.78 is 0. The van der Waals surface area contributed by atoms with Gasteiger partial charge in [0, 0.05) is 35.9 Å². The van der Waals surface area contributed by atoms with E-state index in [0.717, 1.165) is 22.5 Å². The lowest BCUT2D eigenvalue weighted by Gasteiger charge is -2.13. The Kier molecular flexibility index (Phi) is 7.18. The summed E-state index contributed by atoms with van der Waals surface area (Å²) in [6.07, 6.45) is 7.30. The van der Waals surface area contributed by atoms with Crippen molar-refractivity contribution < 1.29 is 9.59 Å². The lowest BCUT2D eigenvalue weighted by molar-refractivity contribution is -0.117. The van der Waals surface area contributed by atoms with Gasteiger partial charge in [0.15, 0.2) is 5.82 Å². The number of likely N-dealkylation sites (N-methyl/N-ethyl adjacent to an activating group) is 1. The molecule has 3 aromatic rings. The Morgan fingerprint density at radius 1 is 1.18 bits per heavy atom. The first-order chi connectivity index (χ1) is 16.4. The van der Waals surface area contributed by atoms with Crippen molar-refractivity contribution in [3.05, 3.63) is 72.1 Å². The number of nitrogens with zero attached hydrogens (tertiary/aromatic N) is 3. The quantitative estimate of drug-likeness (QED) is 0.418. The lowest BCUT2D eigenvalue weighted by atomic mass is 9.97. The van der Waals surface area contributed by atoms with Gasteiger partial charge < -0.3 is 15.5 Å². The monoisotopic (exact) mass is 458 g/mol. The molecule has 0 spiro atoms. The van der Waals surface area contributed by atoms with E-state index < -0.39 is 0 Å². The molecule has 8 heteroatoms. The predicted octanol–water partition coefficient (Wildman–Crippen LogP) is 4.15. The summed E-state index contributed by atoms with van der Waals surface area (Å²) in [5.41, 5.74) is 4.25. The van der Waals surface area contributed by atoms with Crippen LogP contribution < -0.4 is 10.6 Å². The number of aromatic nitrogens is 3. The lowest BCUT2D eigenvalue weighted by Crippen LogP contribution is -2.19. The summed E-state index contributed by atoms with van der Waals surface area (Å²) in [5.74, 6) is 0.456. The second kappa shape index (κ2) is 10.4. The molecule has 1 fully saturated rings. The Bertz CT molecular complexity index is 1180. The number of benzene rings is 1. The molecule has 0 aliphatic heterocycles. The molecule has 2 aromatic heterocycles. The molecule has 1 unspecified atom stereocenters. The third kappa shape index (κ3) is 6.17. The molecule has 1 aromatic carbocycles. The highest BCUT2D eigenvalue weighted by molar-refractivity contribution is 5.99. The number of H-pyrrole nitrogens is 1. The van der Waals surface area contributed by atoms with E-state index in [1.807, 2.05) is 68.4 Å². The average molecular weight is 459 g/mol. The number of carbonyl (C=O) groups excluding carboxylic acids is 2. The van der Waals surface area contributed by atoms with Gasteiger partial charge in [-0.1, -0.05) is 24.3 Å². The Hall–Kier alpha value is -3.78. The zero-order chi connectivity index (χ0) is 24.1. The van der Waals surface area contributed by atoms with E-state index in [4.69, 9.17) is 0 Å². The number of hydrogen-bond acceptors (Lipinski definition) is 5. The van der Waals surface area contributed by atoms with E-state index in [0.29, 0.717) is 24.0 Å². The SMILES string of the molecule is CC(C(=O)Nc1cc(C2CC2)[nH]n1)c1cccc(-c2ccc(NC(=O)/C=C/CN(C)C)cn2)c1. The van der Waals surface area contributed by atoms with Gasteiger partial charge in [0.05, 0.1) is 23.5 Å². The van der Waals surface area contributed by atoms with Crippen LogP contribution in [0.2, 0.25) is 0 Å². The summed E-state index contributed by atoms with van der Waals surface area (Å²) in [6.45, 7) is 2.57. The highest BCUT2D eigenvalue weighted by Crippen LogP contribution is 2.39. The second-order valence-corrected chi connectivity index (χ2v) is 8.91. The summed E-state index contributed by atoms with van der Waals surface area (Å²) >= 11 is 0. The van der Waals surface area contributed by atoms with Crippen LogP contribution in [0.3, 0.4) is 0 Å². The molecule has 0 bridgehead atoms. The molecule has 8 nitrogen and oxygen atoms in total. The predicted molar refractivity (Wildman–Crippen MR) is 134 cm³/mol. The maximum atomic E-state index is 12.8. The van der Waals surface area contributed by atoms with Gasteiger partial charge in [0.2, 0.25) is 11.8 Å². The molecule has 4 rings (SSSR count). The van der Waals surface area contributed by atoms with Gasteiger partial charge in [-0.15, -0.1) is 0 Å². The van der Waals surface area contributed by atoms with Crippen LogP contribution in [0.1, 0.15) is 42.9 Å². The molecule has 0 radical (unpaired) electrons. The average Bonchev–Trinajstić information content (AvgIpc) is 3.57. The fourth-order valence-corrected chi connectivity index (χ4v) is 3.55. The van der Waals surface area contributed by atoms with Crippen LogP contribution >= 0.6 is 0 Å². The van der Waals surface area contributed by atoms with Crippen LogP contribution in [0.15, 0.2) is 60.8 Å². The van der Waals surface area contributed by atoms with E-state index in [1.54, 1.807) is 12.3 Å². The fourth-order valence-electron chi connectivity index (χ4n) is 3.55. The highest BCUT2D eigenvalue weighted by Gasteiger charge is 2.26. The molecule has 1 aliphatic carbocycles. The van der Waals surface area contributed by atoms with E-state index in [2.05, 4.69) is 25.8 Å². The van der Waals surface area contributed by atoms with Crippen LogP contribution in [0.5, 0.6) is 0 Å². The van der Waals surface area contributed by atoms with Crippen molar-refractivity contribution in [1.29, 1.82) is 0 Å². The van der Waals surface area contributed by atoms with Crippen LogP contribution in [0, 0.1) is 0 Å². The standard InChI is InChI=1S/C26H30N6O2/c1-17(26(34)29-24-15-23(30-31-24)18-9-10-18)19-6-4-7-20(14-19)22-12-11-21(16-27-22)28-25(33)8-5-13-32(2)3/h4-8,11-12,14-18H,9-10,13H2,1-3H3,(H,28,33)(H2,29,30,31,34)/b8-5+. The number of amides is 2. The van der Waals surface area contributed by atoms with Crippen molar-refractivity contribution in [2.45, 2.75) is 31.6 Å². The molecule has 34 heavy (non-hydrogen) atoms. The Balaban J connectivity index is 1.38. The van der Waals surface area contributed by atoms with Crippen LogP contribution in [-0.4, -0.2) is 52.5 Å². The number of anilines is 2. The summed E-state index contributed by atoms with van der Waals surface area (Å²) in [7, 11) is 3.88. The minimum atomic E-state index is -0.353. The number of pyridine rings is 1. The molecule has 0 saturated heterocycles. The molecule has 1 atom stereocenters. The number of carbonyl (C=O) groups is 2. The highest BCUT2D eigenvalue weighted by atomic mass is 16.2. The topological polar surface area (TPSA) is 103 Å². The van der Waals surface area contributed by atoms with E-state index in [1.165, 1.54) is 18.9 Å². The van der Waals surface area contributed by atoms with Crippen molar-refractivity contribution in [1.82, 2.24) is 20.1 Å². The van der Waals surface area contributed by atoms with Gasteiger partial charge in [-0.25, -0.2) is 0 Å².